The van der Waals surface area contributed by atoms with Crippen molar-refractivity contribution >= 4 is 23.6 Å². The Morgan fingerprint density at radius 3 is 2.43 bits per heavy atom. The minimum Gasteiger partial charge on any atom is -0.462 e. The zero-order chi connectivity index (χ0) is 22.4. The van der Waals surface area contributed by atoms with Crippen LogP contribution in [0.2, 0.25) is 0 Å². The van der Waals surface area contributed by atoms with E-state index in [1.807, 2.05) is 0 Å². The lowest BCUT2D eigenvalue weighted by atomic mass is 10.0. The van der Waals surface area contributed by atoms with E-state index in [1.54, 1.807) is 40.7 Å². The maximum atomic E-state index is 12.6. The first-order valence-corrected chi connectivity index (χ1v) is 9.57. The molecule has 0 spiro atoms. The van der Waals surface area contributed by atoms with Gasteiger partial charge in [0.15, 0.2) is 12.4 Å². The van der Waals surface area contributed by atoms with Gasteiger partial charge in [-0.2, -0.15) is 0 Å². The molecule has 2 N–H and O–H groups in total. The first-order valence-electron chi connectivity index (χ1n) is 9.57. The molecule has 9 nitrogen and oxygen atoms in total. The fourth-order valence-corrected chi connectivity index (χ4v) is 2.95. The molecule has 1 amide bonds. The maximum Gasteiger partial charge on any atom is 0.340 e. The van der Waals surface area contributed by atoms with Crippen molar-refractivity contribution in [3.05, 3.63) is 46.7 Å². The number of aromatic nitrogens is 1. The van der Waals surface area contributed by atoms with Crippen LogP contribution in [0.15, 0.2) is 22.8 Å². The van der Waals surface area contributed by atoms with E-state index in [-0.39, 0.29) is 29.5 Å². The molecule has 0 bridgehead atoms. The van der Waals surface area contributed by atoms with E-state index in [2.05, 4.69) is 10.3 Å². The van der Waals surface area contributed by atoms with Gasteiger partial charge < -0.3 is 24.2 Å². The SMILES string of the molecule is CCOC(=O)c1c(C)[nH]c(C(=O)COC(=O)[C@@H](NC(=O)c2ccco2)C(C)C)c1C. The van der Waals surface area contributed by atoms with Crippen LogP contribution in [0.4, 0.5) is 0 Å². The number of ether oxygens (including phenoxy) is 2. The molecule has 0 aliphatic heterocycles. The van der Waals surface area contributed by atoms with E-state index < -0.39 is 36.3 Å². The first kappa shape index (κ1) is 22.9. The van der Waals surface area contributed by atoms with Gasteiger partial charge in [0.25, 0.3) is 5.91 Å². The second-order valence-electron chi connectivity index (χ2n) is 7.05. The summed E-state index contributed by atoms with van der Waals surface area (Å²) in [7, 11) is 0. The molecule has 0 aromatic carbocycles. The van der Waals surface area contributed by atoms with Gasteiger partial charge in [0, 0.05) is 5.69 Å². The molecule has 0 fully saturated rings. The van der Waals surface area contributed by atoms with E-state index in [4.69, 9.17) is 13.9 Å². The fraction of sp³-hybridized carbons (Fsp3) is 0.429. The van der Waals surface area contributed by atoms with Crippen molar-refractivity contribution in [1.82, 2.24) is 10.3 Å². The minimum absolute atomic E-state index is 0.0634. The highest BCUT2D eigenvalue weighted by Crippen LogP contribution is 2.20. The van der Waals surface area contributed by atoms with Crippen molar-refractivity contribution in [3.63, 3.8) is 0 Å². The number of furan rings is 1. The molecule has 2 rings (SSSR count). The molecule has 1 atom stereocenters. The smallest absolute Gasteiger partial charge is 0.340 e. The topological polar surface area (TPSA) is 128 Å². The van der Waals surface area contributed by atoms with Crippen molar-refractivity contribution in [3.8, 4) is 0 Å². The van der Waals surface area contributed by atoms with Gasteiger partial charge in [0.1, 0.15) is 6.04 Å². The van der Waals surface area contributed by atoms with Gasteiger partial charge in [0.2, 0.25) is 5.78 Å². The number of nitrogens with one attached hydrogen (secondary N) is 2. The summed E-state index contributed by atoms with van der Waals surface area (Å²) in [6.07, 6.45) is 1.35. The second kappa shape index (κ2) is 9.91. The third-order valence-corrected chi connectivity index (χ3v) is 4.49. The lowest BCUT2D eigenvalue weighted by molar-refractivity contribution is -0.146. The van der Waals surface area contributed by atoms with Crippen molar-refractivity contribution in [1.29, 1.82) is 0 Å². The molecule has 2 aromatic heterocycles. The number of rotatable bonds is 9. The van der Waals surface area contributed by atoms with Crippen molar-refractivity contribution in [2.24, 2.45) is 5.92 Å². The number of aryl methyl sites for hydroxylation is 1. The van der Waals surface area contributed by atoms with Crippen LogP contribution >= 0.6 is 0 Å². The minimum atomic E-state index is -0.961. The summed E-state index contributed by atoms with van der Waals surface area (Å²) >= 11 is 0. The van der Waals surface area contributed by atoms with Crippen LogP contribution in [0.1, 0.15) is 63.4 Å². The van der Waals surface area contributed by atoms with E-state index in [0.29, 0.717) is 11.3 Å². The number of carbonyl (C=O) groups is 4. The predicted molar refractivity (Wildman–Crippen MR) is 106 cm³/mol. The average molecular weight is 418 g/mol. The Bertz CT molecular complexity index is 926. The summed E-state index contributed by atoms with van der Waals surface area (Å²) in [5, 5.41) is 2.55. The molecule has 0 aliphatic carbocycles. The molecule has 0 radical (unpaired) electrons. The molecule has 0 saturated carbocycles. The lowest BCUT2D eigenvalue weighted by Crippen LogP contribution is -2.45. The van der Waals surface area contributed by atoms with Gasteiger partial charge in [0.05, 0.1) is 24.1 Å². The number of esters is 2. The molecule has 0 unspecified atom stereocenters. The average Bonchev–Trinajstić information content (AvgIpc) is 3.32. The van der Waals surface area contributed by atoms with Gasteiger partial charge in [-0.05, 0) is 44.4 Å². The normalized spacial score (nSPS) is 11.8. The van der Waals surface area contributed by atoms with Crippen LogP contribution in [0.3, 0.4) is 0 Å². The molecule has 2 aromatic rings. The van der Waals surface area contributed by atoms with Gasteiger partial charge in [-0.3, -0.25) is 9.59 Å². The summed E-state index contributed by atoms with van der Waals surface area (Å²) in [5.74, 6) is -2.55. The Labute approximate surface area is 174 Å². The monoisotopic (exact) mass is 418 g/mol. The van der Waals surface area contributed by atoms with Gasteiger partial charge in [-0.1, -0.05) is 13.8 Å². The van der Waals surface area contributed by atoms with Crippen LogP contribution in [0.25, 0.3) is 0 Å². The quantitative estimate of drug-likeness (QED) is 0.473. The molecule has 9 heteroatoms. The van der Waals surface area contributed by atoms with E-state index >= 15 is 0 Å². The van der Waals surface area contributed by atoms with Crippen LogP contribution in [0, 0.1) is 19.8 Å². The Hall–Kier alpha value is -3.36. The van der Waals surface area contributed by atoms with Gasteiger partial charge in [-0.25, -0.2) is 9.59 Å². The Kier molecular flexibility index (Phi) is 7.57. The molecular weight excluding hydrogens is 392 g/mol. The molecule has 30 heavy (non-hydrogen) atoms. The van der Waals surface area contributed by atoms with E-state index in [0.717, 1.165) is 0 Å². The number of H-pyrrole nitrogens is 1. The molecule has 2 heterocycles. The molecule has 0 saturated heterocycles. The summed E-state index contributed by atoms with van der Waals surface area (Å²) < 4.78 is 15.2. The van der Waals surface area contributed by atoms with Crippen LogP contribution in [-0.2, 0) is 14.3 Å². The number of hydrogen-bond acceptors (Lipinski definition) is 7. The zero-order valence-electron chi connectivity index (χ0n) is 17.7. The van der Waals surface area contributed by atoms with Crippen LogP contribution in [0.5, 0.6) is 0 Å². The Balaban J connectivity index is 2.05. The molecule has 0 aliphatic rings. The highest BCUT2D eigenvalue weighted by atomic mass is 16.5. The van der Waals surface area contributed by atoms with Crippen molar-refractivity contribution < 1.29 is 33.1 Å². The summed E-state index contributed by atoms with van der Waals surface area (Å²) in [5.41, 5.74) is 1.38. The van der Waals surface area contributed by atoms with Gasteiger partial charge in [-0.15, -0.1) is 0 Å². The standard InChI is InChI=1S/C21H26N2O7/c1-6-28-20(26)16-12(4)18(22-13(16)5)14(24)10-30-21(27)17(11(2)3)23-19(25)15-8-7-9-29-15/h7-9,11,17,22H,6,10H2,1-5H3,(H,23,25)/t17-/m0/s1. The third kappa shape index (κ3) is 5.16. The number of hydrogen-bond donors (Lipinski definition) is 2. The van der Waals surface area contributed by atoms with Gasteiger partial charge >= 0.3 is 11.9 Å². The molecule has 162 valence electrons. The van der Waals surface area contributed by atoms with Crippen LogP contribution in [-0.4, -0.2) is 47.9 Å². The molecular formula is C21H26N2O7. The number of Topliss-reactive ketones (excluding diaryl/α,β-unsaturated/α-hetero) is 1. The Morgan fingerprint density at radius 2 is 1.87 bits per heavy atom. The maximum absolute atomic E-state index is 12.6. The number of amides is 1. The Morgan fingerprint density at radius 1 is 1.17 bits per heavy atom. The summed E-state index contributed by atoms with van der Waals surface area (Å²) in [6, 6.07) is 2.07. The zero-order valence-corrected chi connectivity index (χ0v) is 17.7. The third-order valence-electron chi connectivity index (χ3n) is 4.49. The van der Waals surface area contributed by atoms with Crippen LogP contribution < -0.4 is 5.32 Å². The first-order chi connectivity index (χ1) is 14.2. The highest BCUT2D eigenvalue weighted by Gasteiger charge is 2.29. The highest BCUT2D eigenvalue weighted by molar-refractivity contribution is 6.02. The number of carbonyl (C=O) groups excluding carboxylic acids is 4. The fourth-order valence-electron chi connectivity index (χ4n) is 2.95. The second-order valence-corrected chi connectivity index (χ2v) is 7.05. The van der Waals surface area contributed by atoms with E-state index in [9.17, 15) is 19.2 Å². The predicted octanol–water partition coefficient (Wildman–Crippen LogP) is 2.58. The number of ketones is 1. The largest absolute Gasteiger partial charge is 0.462 e. The number of aromatic amines is 1. The van der Waals surface area contributed by atoms with Crippen molar-refractivity contribution in [2.45, 2.75) is 40.7 Å². The summed E-state index contributed by atoms with van der Waals surface area (Å²) in [4.78, 5) is 52.1. The lowest BCUT2D eigenvalue weighted by Gasteiger charge is -2.20. The summed E-state index contributed by atoms with van der Waals surface area (Å²) in [6.45, 7) is 8.11. The van der Waals surface area contributed by atoms with Crippen molar-refractivity contribution in [2.75, 3.05) is 13.2 Å². The van der Waals surface area contributed by atoms with E-state index in [1.165, 1.54) is 12.3 Å².